The van der Waals surface area contributed by atoms with Crippen molar-refractivity contribution in [1.82, 2.24) is 10.3 Å². The monoisotopic (exact) mass is 476 g/mol. The Kier molecular flexibility index (Phi) is 6.57. The summed E-state index contributed by atoms with van der Waals surface area (Å²) in [7, 11) is 0. The topological polar surface area (TPSA) is 85.5 Å². The van der Waals surface area contributed by atoms with E-state index >= 15 is 0 Å². The zero-order valence-electron chi connectivity index (χ0n) is 17.3. The average Bonchev–Trinajstić information content (AvgIpc) is 3.16. The van der Waals surface area contributed by atoms with Crippen LogP contribution in [0.15, 0.2) is 35.0 Å². The first-order chi connectivity index (χ1) is 15.3. The molecule has 1 atom stereocenters. The van der Waals surface area contributed by atoms with Gasteiger partial charge in [-0.1, -0.05) is 19.9 Å². The van der Waals surface area contributed by atoms with Gasteiger partial charge in [-0.2, -0.15) is 26.3 Å². The van der Waals surface area contributed by atoms with Crippen molar-refractivity contribution in [1.29, 1.82) is 0 Å². The van der Waals surface area contributed by atoms with E-state index in [-0.39, 0.29) is 34.5 Å². The molecule has 0 amide bonds. The quantitative estimate of drug-likeness (QED) is 0.417. The molecule has 1 aromatic heterocycles. The van der Waals surface area contributed by atoms with Gasteiger partial charge < -0.3 is 9.84 Å². The van der Waals surface area contributed by atoms with Gasteiger partial charge in [0.2, 0.25) is 0 Å². The van der Waals surface area contributed by atoms with E-state index in [0.717, 1.165) is 6.07 Å². The number of aliphatic carboxylic acids is 1. The van der Waals surface area contributed by atoms with Crippen LogP contribution in [0.5, 0.6) is 5.75 Å². The Morgan fingerprint density at radius 1 is 1.06 bits per heavy atom. The van der Waals surface area contributed by atoms with Crippen LogP contribution in [-0.4, -0.2) is 34.2 Å². The van der Waals surface area contributed by atoms with Crippen LogP contribution in [0.3, 0.4) is 0 Å². The Bertz CT molecular complexity index is 1150. The van der Waals surface area contributed by atoms with Gasteiger partial charge in [-0.15, -0.1) is 0 Å². The highest BCUT2D eigenvalue weighted by Crippen LogP contribution is 2.45. The average molecular weight is 476 g/mol. The zero-order valence-corrected chi connectivity index (χ0v) is 17.3. The summed E-state index contributed by atoms with van der Waals surface area (Å²) in [5, 5.41) is 16.7. The minimum Gasteiger partial charge on any atom is -0.483 e. The number of benzene rings is 2. The van der Waals surface area contributed by atoms with Crippen molar-refractivity contribution in [2.45, 2.75) is 38.5 Å². The summed E-state index contributed by atoms with van der Waals surface area (Å²) in [6, 6.07) is 5.23. The summed E-state index contributed by atoms with van der Waals surface area (Å²) in [5.74, 6) is -3.73. The van der Waals surface area contributed by atoms with Gasteiger partial charge in [0, 0.05) is 5.56 Å². The predicted molar refractivity (Wildman–Crippen MR) is 104 cm³/mol. The minimum absolute atomic E-state index is 0.0265. The fraction of sp³-hybridized carbons (Fsp3) is 0.381. The number of rotatable bonds is 7. The summed E-state index contributed by atoms with van der Waals surface area (Å²) in [6.45, 7) is 1.49. The number of halogens is 6. The summed E-state index contributed by atoms with van der Waals surface area (Å²) in [4.78, 5) is 11.8. The van der Waals surface area contributed by atoms with E-state index in [0.29, 0.717) is 6.07 Å². The Balaban J connectivity index is 2.29. The van der Waals surface area contributed by atoms with E-state index in [2.05, 4.69) is 14.9 Å². The number of carboxylic acid groups (broad SMARTS) is 1. The normalized spacial score (nSPS) is 13.5. The van der Waals surface area contributed by atoms with E-state index in [1.807, 2.05) is 0 Å². The molecule has 178 valence electrons. The molecule has 0 saturated heterocycles. The fourth-order valence-corrected chi connectivity index (χ4v) is 3.42. The van der Waals surface area contributed by atoms with E-state index < -0.39 is 47.7 Å². The standard InChI is InChI=1S/C21H18F6N2O4/c1-10(2)5-13(19(30)31)12-6-14(21(25,26)27)18(17(8-12)32-9-20(22,23)24)11-3-4-15-16(7-11)29-33-28-15/h3-4,6-8,10,13H,5,9H2,1-2H3,(H,30,31)/t13-/m0/s1. The number of nitrogens with zero attached hydrogens (tertiary/aromatic N) is 2. The smallest absolute Gasteiger partial charge is 0.422 e. The van der Waals surface area contributed by atoms with Gasteiger partial charge in [0.25, 0.3) is 0 Å². The minimum atomic E-state index is -5.03. The number of hydrogen-bond donors (Lipinski definition) is 1. The van der Waals surface area contributed by atoms with Gasteiger partial charge in [0.1, 0.15) is 16.8 Å². The lowest BCUT2D eigenvalue weighted by Gasteiger charge is -2.23. The summed E-state index contributed by atoms with van der Waals surface area (Å²) in [6.07, 6.45) is -9.89. The lowest BCUT2D eigenvalue weighted by Crippen LogP contribution is -2.21. The zero-order chi connectivity index (χ0) is 24.6. The molecule has 0 fully saturated rings. The van der Waals surface area contributed by atoms with Crippen LogP contribution in [-0.2, 0) is 11.0 Å². The first-order valence-electron chi connectivity index (χ1n) is 9.66. The van der Waals surface area contributed by atoms with Gasteiger partial charge >= 0.3 is 18.3 Å². The molecular formula is C21H18F6N2O4. The second-order valence-electron chi connectivity index (χ2n) is 7.83. The predicted octanol–water partition coefficient (Wildman–Crippen LogP) is 6.06. The first kappa shape index (κ1) is 24.3. The van der Waals surface area contributed by atoms with Crippen LogP contribution in [0.25, 0.3) is 22.2 Å². The molecule has 6 nitrogen and oxygen atoms in total. The molecule has 12 heteroatoms. The van der Waals surface area contributed by atoms with Gasteiger partial charge in [-0.05, 0) is 58.0 Å². The number of hydrogen-bond acceptors (Lipinski definition) is 5. The molecule has 0 bridgehead atoms. The van der Waals surface area contributed by atoms with Crippen molar-refractivity contribution in [3.63, 3.8) is 0 Å². The number of fused-ring (bicyclic) bond motifs is 1. The maximum Gasteiger partial charge on any atom is 0.422 e. The Morgan fingerprint density at radius 2 is 1.73 bits per heavy atom. The fourth-order valence-electron chi connectivity index (χ4n) is 3.42. The number of ether oxygens (including phenoxy) is 1. The van der Waals surface area contributed by atoms with Crippen molar-refractivity contribution in [3.05, 3.63) is 41.5 Å². The summed E-state index contributed by atoms with van der Waals surface area (Å²) in [5.41, 5.74) is -2.16. The van der Waals surface area contributed by atoms with Crippen LogP contribution in [0, 0.1) is 5.92 Å². The van der Waals surface area contributed by atoms with Crippen LogP contribution >= 0.6 is 0 Å². The molecule has 2 aromatic carbocycles. The molecule has 1 heterocycles. The van der Waals surface area contributed by atoms with Gasteiger partial charge in [0.15, 0.2) is 6.61 Å². The Labute approximate surface area is 183 Å². The molecule has 1 N–H and O–H groups in total. The largest absolute Gasteiger partial charge is 0.483 e. The molecule has 0 radical (unpaired) electrons. The SMILES string of the molecule is CC(C)C[C@H](C(=O)O)c1cc(OCC(F)(F)F)c(-c2ccc3nonc3c2)c(C(F)(F)F)c1. The lowest BCUT2D eigenvalue weighted by molar-refractivity contribution is -0.153. The molecule has 0 aliphatic rings. The van der Waals surface area contributed by atoms with Gasteiger partial charge in [-0.25, -0.2) is 4.63 Å². The van der Waals surface area contributed by atoms with Crippen molar-refractivity contribution in [2.24, 2.45) is 5.92 Å². The maximum atomic E-state index is 14.1. The van der Waals surface area contributed by atoms with Crippen LogP contribution in [0.1, 0.15) is 37.3 Å². The van der Waals surface area contributed by atoms with Crippen LogP contribution < -0.4 is 4.74 Å². The highest BCUT2D eigenvalue weighted by atomic mass is 19.4. The van der Waals surface area contributed by atoms with Crippen LogP contribution in [0.2, 0.25) is 0 Å². The molecule has 3 aromatic rings. The van der Waals surface area contributed by atoms with Gasteiger partial charge in [0.05, 0.1) is 11.5 Å². The van der Waals surface area contributed by atoms with Gasteiger partial charge in [-0.3, -0.25) is 4.79 Å². The number of aromatic nitrogens is 2. The molecule has 3 rings (SSSR count). The number of carbonyl (C=O) groups is 1. The molecule has 0 saturated carbocycles. The second-order valence-corrected chi connectivity index (χ2v) is 7.83. The van der Waals surface area contributed by atoms with Crippen molar-refractivity contribution in [2.75, 3.05) is 6.61 Å². The van der Waals surface area contributed by atoms with Crippen molar-refractivity contribution >= 4 is 17.0 Å². The molecule has 0 spiro atoms. The second kappa shape index (κ2) is 8.91. The summed E-state index contributed by atoms with van der Waals surface area (Å²) < 4.78 is 90.1. The molecule has 0 unspecified atom stereocenters. The molecule has 33 heavy (non-hydrogen) atoms. The van der Waals surface area contributed by atoms with E-state index in [1.54, 1.807) is 13.8 Å². The number of carboxylic acids is 1. The maximum absolute atomic E-state index is 14.1. The van der Waals surface area contributed by atoms with Crippen molar-refractivity contribution < 1.29 is 45.6 Å². The number of alkyl halides is 6. The third kappa shape index (κ3) is 5.74. The van der Waals surface area contributed by atoms with E-state index in [1.165, 1.54) is 18.2 Å². The molecule has 0 aliphatic heterocycles. The first-order valence-corrected chi connectivity index (χ1v) is 9.66. The Morgan fingerprint density at radius 3 is 2.30 bits per heavy atom. The van der Waals surface area contributed by atoms with Crippen molar-refractivity contribution in [3.8, 4) is 16.9 Å². The lowest BCUT2D eigenvalue weighted by atomic mass is 9.86. The molecule has 0 aliphatic carbocycles. The van der Waals surface area contributed by atoms with Crippen LogP contribution in [0.4, 0.5) is 26.3 Å². The van der Waals surface area contributed by atoms with E-state index in [9.17, 15) is 36.2 Å². The Hall–Kier alpha value is -3.31. The highest BCUT2D eigenvalue weighted by Gasteiger charge is 2.38. The molecular weight excluding hydrogens is 458 g/mol. The third-order valence-electron chi connectivity index (χ3n) is 4.77. The third-order valence-corrected chi connectivity index (χ3v) is 4.77. The highest BCUT2D eigenvalue weighted by molar-refractivity contribution is 5.85. The summed E-state index contributed by atoms with van der Waals surface area (Å²) >= 11 is 0. The van der Waals surface area contributed by atoms with E-state index in [4.69, 9.17) is 4.74 Å².